The minimum absolute atomic E-state index is 0.0719. The van der Waals surface area contributed by atoms with E-state index in [1.54, 1.807) is 0 Å². The van der Waals surface area contributed by atoms with Crippen LogP contribution in [0.4, 0.5) is 4.79 Å². The number of nitrogens with zero attached hydrogens (tertiary/aromatic N) is 1. The highest BCUT2D eigenvalue weighted by molar-refractivity contribution is 5.95. The van der Waals surface area contributed by atoms with Gasteiger partial charge in [-0.1, -0.05) is 30.3 Å². The van der Waals surface area contributed by atoms with Crippen molar-refractivity contribution in [2.45, 2.75) is 32.6 Å². The first-order valence-electron chi connectivity index (χ1n) is 9.80. The van der Waals surface area contributed by atoms with Crippen molar-refractivity contribution in [3.8, 4) is 11.3 Å². The molecule has 0 aliphatic heterocycles. The summed E-state index contributed by atoms with van der Waals surface area (Å²) in [6.07, 6.45) is 3.05. The van der Waals surface area contributed by atoms with E-state index in [-0.39, 0.29) is 5.91 Å². The minimum Gasteiger partial charge on any atom is -0.465 e. The molecule has 0 bridgehead atoms. The molecule has 0 saturated heterocycles. The number of amides is 2. The third-order valence-corrected chi connectivity index (χ3v) is 5.34. The molecular weight excluding hydrogens is 354 g/mol. The van der Waals surface area contributed by atoms with E-state index in [1.807, 2.05) is 49.4 Å². The number of rotatable bonds is 6. The molecule has 1 aliphatic carbocycles. The van der Waals surface area contributed by atoms with Crippen molar-refractivity contribution in [3.63, 3.8) is 0 Å². The number of carbonyl (C=O) groups is 2. The van der Waals surface area contributed by atoms with Crippen LogP contribution in [0.3, 0.4) is 0 Å². The Bertz CT molecular complexity index is 815. The number of pyridine rings is 1. The van der Waals surface area contributed by atoms with Gasteiger partial charge in [-0.2, -0.15) is 0 Å². The van der Waals surface area contributed by atoms with E-state index in [1.165, 1.54) is 0 Å². The van der Waals surface area contributed by atoms with Gasteiger partial charge in [0.05, 0.1) is 5.69 Å². The lowest BCUT2D eigenvalue weighted by atomic mass is 9.82. The summed E-state index contributed by atoms with van der Waals surface area (Å²) < 4.78 is 0. The molecule has 2 aromatic rings. The largest absolute Gasteiger partial charge is 0.465 e. The number of aryl methyl sites for hydroxylation is 1. The van der Waals surface area contributed by atoms with Crippen LogP contribution in [0.15, 0.2) is 42.5 Å². The Morgan fingerprint density at radius 2 is 1.61 bits per heavy atom. The van der Waals surface area contributed by atoms with Gasteiger partial charge in [0.2, 0.25) is 0 Å². The molecular formula is C22H27N3O3. The second kappa shape index (κ2) is 9.35. The summed E-state index contributed by atoms with van der Waals surface area (Å²) in [6.45, 7) is 3.07. The first kappa shape index (κ1) is 19.9. The molecule has 0 radical (unpaired) electrons. The molecule has 1 aromatic heterocycles. The Labute approximate surface area is 165 Å². The number of hydrogen-bond acceptors (Lipinski definition) is 3. The Balaban J connectivity index is 1.53. The summed E-state index contributed by atoms with van der Waals surface area (Å²) in [5.41, 5.74) is 3.24. The van der Waals surface area contributed by atoms with Crippen LogP contribution in [0.1, 0.15) is 41.7 Å². The number of aromatic nitrogens is 1. The fourth-order valence-electron chi connectivity index (χ4n) is 3.77. The monoisotopic (exact) mass is 381 g/mol. The minimum atomic E-state index is -0.961. The molecule has 0 spiro atoms. The van der Waals surface area contributed by atoms with Crippen molar-refractivity contribution < 1.29 is 14.7 Å². The van der Waals surface area contributed by atoms with Gasteiger partial charge in [-0.15, -0.1) is 0 Å². The predicted molar refractivity (Wildman–Crippen MR) is 108 cm³/mol. The van der Waals surface area contributed by atoms with Crippen LogP contribution in [0.25, 0.3) is 11.3 Å². The number of nitrogens with one attached hydrogen (secondary N) is 2. The maximum atomic E-state index is 12.7. The van der Waals surface area contributed by atoms with Crippen LogP contribution in [-0.4, -0.2) is 35.2 Å². The summed E-state index contributed by atoms with van der Waals surface area (Å²) in [6, 6.07) is 13.5. The molecule has 0 atom stereocenters. The van der Waals surface area contributed by atoms with Gasteiger partial charge in [-0.25, -0.2) is 4.79 Å². The van der Waals surface area contributed by atoms with Crippen LogP contribution in [0, 0.1) is 18.8 Å². The van der Waals surface area contributed by atoms with Crippen molar-refractivity contribution in [3.05, 3.63) is 53.7 Å². The van der Waals surface area contributed by atoms with Crippen molar-refractivity contribution in [2.24, 2.45) is 11.8 Å². The van der Waals surface area contributed by atoms with Gasteiger partial charge < -0.3 is 15.7 Å². The molecule has 6 heteroatoms. The summed E-state index contributed by atoms with van der Waals surface area (Å²) in [5, 5.41) is 14.2. The van der Waals surface area contributed by atoms with Gasteiger partial charge in [0, 0.05) is 29.9 Å². The molecule has 1 heterocycles. The van der Waals surface area contributed by atoms with Gasteiger partial charge >= 0.3 is 6.09 Å². The lowest BCUT2D eigenvalue weighted by Crippen LogP contribution is -2.34. The van der Waals surface area contributed by atoms with Crippen LogP contribution < -0.4 is 10.6 Å². The molecule has 1 saturated carbocycles. The molecule has 3 N–H and O–H groups in total. The van der Waals surface area contributed by atoms with E-state index >= 15 is 0 Å². The first-order chi connectivity index (χ1) is 13.5. The smallest absolute Gasteiger partial charge is 0.404 e. The van der Waals surface area contributed by atoms with E-state index in [9.17, 15) is 9.59 Å². The van der Waals surface area contributed by atoms with E-state index in [0.29, 0.717) is 30.5 Å². The van der Waals surface area contributed by atoms with E-state index in [2.05, 4.69) is 15.6 Å². The lowest BCUT2D eigenvalue weighted by Gasteiger charge is -2.28. The maximum Gasteiger partial charge on any atom is 0.404 e. The van der Waals surface area contributed by atoms with E-state index in [4.69, 9.17) is 5.11 Å². The zero-order chi connectivity index (χ0) is 19.9. The first-order valence-corrected chi connectivity index (χ1v) is 9.80. The summed E-state index contributed by atoms with van der Waals surface area (Å²) >= 11 is 0. The van der Waals surface area contributed by atoms with Crippen molar-refractivity contribution in [2.75, 3.05) is 13.1 Å². The van der Waals surface area contributed by atoms with E-state index < -0.39 is 6.09 Å². The topological polar surface area (TPSA) is 91.3 Å². The molecule has 28 heavy (non-hydrogen) atoms. The van der Waals surface area contributed by atoms with Crippen molar-refractivity contribution in [1.82, 2.24) is 15.6 Å². The zero-order valence-corrected chi connectivity index (χ0v) is 16.1. The average Bonchev–Trinajstić information content (AvgIpc) is 2.71. The molecule has 1 aliphatic rings. The van der Waals surface area contributed by atoms with Crippen molar-refractivity contribution in [1.29, 1.82) is 0 Å². The highest BCUT2D eigenvalue weighted by Crippen LogP contribution is 2.28. The molecule has 1 aromatic carbocycles. The van der Waals surface area contributed by atoms with Crippen LogP contribution in [0.5, 0.6) is 0 Å². The van der Waals surface area contributed by atoms with Crippen LogP contribution in [0.2, 0.25) is 0 Å². The van der Waals surface area contributed by atoms with Gasteiger partial charge in [0.1, 0.15) is 0 Å². The maximum absolute atomic E-state index is 12.7. The van der Waals surface area contributed by atoms with E-state index in [0.717, 1.165) is 42.6 Å². The summed E-state index contributed by atoms with van der Waals surface area (Å²) in [5.74, 6) is 0.776. The Kier molecular flexibility index (Phi) is 6.63. The average molecular weight is 381 g/mol. The van der Waals surface area contributed by atoms with Gasteiger partial charge in [-0.05, 0) is 56.6 Å². The fourth-order valence-corrected chi connectivity index (χ4v) is 3.77. The highest BCUT2D eigenvalue weighted by Gasteiger charge is 2.22. The lowest BCUT2D eigenvalue weighted by molar-refractivity contribution is 0.0940. The second-order valence-electron chi connectivity index (χ2n) is 7.53. The molecule has 3 rings (SSSR count). The number of benzene rings is 1. The molecule has 2 amide bonds. The Hall–Kier alpha value is -2.89. The van der Waals surface area contributed by atoms with Crippen molar-refractivity contribution >= 4 is 12.0 Å². The standard InChI is InChI=1S/C22H27N3O3/c1-15-11-19(12-20(25-15)18-5-3-2-4-6-18)21(26)23-13-16-7-9-17(10-8-16)14-24-22(27)28/h2-6,11-12,16-17,24H,7-10,13-14H2,1H3,(H,23,26)(H,27,28). The zero-order valence-electron chi connectivity index (χ0n) is 16.1. The Morgan fingerprint density at radius 3 is 2.21 bits per heavy atom. The summed E-state index contributed by atoms with van der Waals surface area (Å²) in [7, 11) is 0. The molecule has 148 valence electrons. The van der Waals surface area contributed by atoms with Crippen LogP contribution in [-0.2, 0) is 0 Å². The SMILES string of the molecule is Cc1cc(C(=O)NCC2CCC(CNC(=O)O)CC2)cc(-c2ccccc2)n1. The van der Waals surface area contributed by atoms with Gasteiger partial charge in [0.25, 0.3) is 5.91 Å². The number of hydrogen-bond donors (Lipinski definition) is 3. The van der Waals surface area contributed by atoms with Crippen LogP contribution >= 0.6 is 0 Å². The highest BCUT2D eigenvalue weighted by atomic mass is 16.4. The fraction of sp³-hybridized carbons (Fsp3) is 0.409. The normalized spacial score (nSPS) is 19.0. The predicted octanol–water partition coefficient (Wildman–Crippen LogP) is 3.86. The molecule has 0 unspecified atom stereocenters. The Morgan fingerprint density at radius 1 is 1.00 bits per heavy atom. The quantitative estimate of drug-likeness (QED) is 0.708. The van der Waals surface area contributed by atoms with Gasteiger partial charge in [-0.3, -0.25) is 9.78 Å². The number of carboxylic acid groups (broad SMARTS) is 1. The third kappa shape index (κ3) is 5.55. The summed E-state index contributed by atoms with van der Waals surface area (Å²) in [4.78, 5) is 27.8. The molecule has 6 nitrogen and oxygen atoms in total. The second-order valence-corrected chi connectivity index (χ2v) is 7.53. The molecule has 1 fully saturated rings. The van der Waals surface area contributed by atoms with Gasteiger partial charge in [0.15, 0.2) is 0 Å². The third-order valence-electron chi connectivity index (χ3n) is 5.34. The number of carbonyl (C=O) groups excluding carboxylic acids is 1.